The molecular formula is C20H30N6. The number of nitrogens with zero attached hydrogens (tertiary/aromatic N) is 3. The van der Waals surface area contributed by atoms with Crippen LogP contribution in [0.5, 0.6) is 0 Å². The fourth-order valence-corrected chi connectivity index (χ4v) is 3.56. The Bertz CT molecular complexity index is 686. The number of aliphatic imine (C=N–C) groups is 1. The maximum absolute atomic E-state index is 4.79. The van der Waals surface area contributed by atoms with Crippen molar-refractivity contribution >= 4 is 5.96 Å². The Balaban J connectivity index is 1.61. The van der Waals surface area contributed by atoms with E-state index in [1.807, 2.05) is 12.1 Å². The van der Waals surface area contributed by atoms with Crippen molar-refractivity contribution in [2.24, 2.45) is 10.9 Å². The minimum absolute atomic E-state index is 0.538. The van der Waals surface area contributed by atoms with Gasteiger partial charge >= 0.3 is 0 Å². The summed E-state index contributed by atoms with van der Waals surface area (Å²) in [7, 11) is 0. The van der Waals surface area contributed by atoms with Gasteiger partial charge in [-0.3, -0.25) is 5.10 Å². The molecule has 140 valence electrons. The van der Waals surface area contributed by atoms with E-state index in [1.54, 1.807) is 0 Å². The molecule has 1 aliphatic carbocycles. The number of hydrogen-bond donors (Lipinski definition) is 3. The predicted molar refractivity (Wildman–Crippen MR) is 106 cm³/mol. The zero-order valence-corrected chi connectivity index (χ0v) is 15.8. The van der Waals surface area contributed by atoms with Gasteiger partial charge in [-0.05, 0) is 50.2 Å². The highest BCUT2D eigenvalue weighted by atomic mass is 15.2. The van der Waals surface area contributed by atoms with Crippen LogP contribution in [0, 0.1) is 5.92 Å². The molecule has 1 aromatic heterocycles. The Morgan fingerprint density at radius 2 is 2.08 bits per heavy atom. The molecule has 0 aliphatic heterocycles. The molecule has 0 unspecified atom stereocenters. The first-order chi connectivity index (χ1) is 12.8. The van der Waals surface area contributed by atoms with E-state index >= 15 is 0 Å². The first-order valence-corrected chi connectivity index (χ1v) is 9.78. The van der Waals surface area contributed by atoms with E-state index in [1.165, 1.54) is 38.4 Å². The highest BCUT2D eigenvalue weighted by Crippen LogP contribution is 2.26. The minimum Gasteiger partial charge on any atom is -0.357 e. The van der Waals surface area contributed by atoms with Crippen LogP contribution in [-0.4, -0.2) is 33.7 Å². The fraction of sp³-hybridized carbons (Fsp3) is 0.550. The Hall–Kier alpha value is -2.37. The van der Waals surface area contributed by atoms with Gasteiger partial charge in [0.2, 0.25) is 0 Å². The van der Waals surface area contributed by atoms with Crippen molar-refractivity contribution < 1.29 is 0 Å². The molecule has 1 aliphatic rings. The number of benzene rings is 1. The van der Waals surface area contributed by atoms with E-state index in [0.29, 0.717) is 12.6 Å². The van der Waals surface area contributed by atoms with Gasteiger partial charge in [-0.25, -0.2) is 9.98 Å². The third-order valence-electron chi connectivity index (χ3n) is 5.14. The molecule has 0 bridgehead atoms. The summed E-state index contributed by atoms with van der Waals surface area (Å²) in [6, 6.07) is 8.81. The van der Waals surface area contributed by atoms with E-state index < -0.39 is 0 Å². The van der Waals surface area contributed by atoms with Crippen molar-refractivity contribution in [3.8, 4) is 11.4 Å². The van der Waals surface area contributed by atoms with Crippen LogP contribution < -0.4 is 10.6 Å². The average molecular weight is 355 g/mol. The normalized spacial score (nSPS) is 20.8. The Labute approximate surface area is 155 Å². The molecule has 1 saturated carbocycles. The molecule has 1 heterocycles. The standard InChI is InChI=1S/C20H30N6/c1-3-15-8-10-18(11-9-15)25-20(21-4-2)22-13-16-6-5-7-17(12-16)19-23-14-24-26-19/h5-7,12,14-15,18H,3-4,8-11,13H2,1-2H3,(H2,21,22,25)(H,23,24,26). The highest BCUT2D eigenvalue weighted by Gasteiger charge is 2.20. The van der Waals surface area contributed by atoms with Crippen LogP contribution in [0.1, 0.15) is 51.5 Å². The Kier molecular flexibility index (Phi) is 6.63. The summed E-state index contributed by atoms with van der Waals surface area (Å²) >= 11 is 0. The molecule has 3 N–H and O–H groups in total. The van der Waals surface area contributed by atoms with Crippen LogP contribution in [0.2, 0.25) is 0 Å². The van der Waals surface area contributed by atoms with E-state index in [-0.39, 0.29) is 0 Å². The number of rotatable bonds is 6. The van der Waals surface area contributed by atoms with Gasteiger partial charge in [-0.2, -0.15) is 5.10 Å². The van der Waals surface area contributed by atoms with Gasteiger partial charge in [0.05, 0.1) is 6.54 Å². The lowest BCUT2D eigenvalue weighted by molar-refractivity contribution is 0.304. The van der Waals surface area contributed by atoms with Crippen molar-refractivity contribution in [2.75, 3.05) is 6.54 Å². The van der Waals surface area contributed by atoms with E-state index in [4.69, 9.17) is 4.99 Å². The number of guanidine groups is 1. The van der Waals surface area contributed by atoms with Crippen LogP contribution in [-0.2, 0) is 6.54 Å². The van der Waals surface area contributed by atoms with Crippen LogP contribution in [0.25, 0.3) is 11.4 Å². The zero-order valence-electron chi connectivity index (χ0n) is 15.8. The molecule has 0 saturated heterocycles. The van der Waals surface area contributed by atoms with Crippen LogP contribution in [0.15, 0.2) is 35.6 Å². The molecule has 26 heavy (non-hydrogen) atoms. The van der Waals surface area contributed by atoms with Gasteiger partial charge in [0.15, 0.2) is 11.8 Å². The van der Waals surface area contributed by atoms with Crippen LogP contribution >= 0.6 is 0 Å². The summed E-state index contributed by atoms with van der Waals surface area (Å²) in [4.78, 5) is 9.00. The van der Waals surface area contributed by atoms with E-state index in [0.717, 1.165) is 35.4 Å². The van der Waals surface area contributed by atoms with Gasteiger partial charge in [-0.1, -0.05) is 31.5 Å². The summed E-state index contributed by atoms with van der Waals surface area (Å²) in [5, 5.41) is 13.8. The van der Waals surface area contributed by atoms with Crippen molar-refractivity contribution in [3.05, 3.63) is 36.2 Å². The summed E-state index contributed by atoms with van der Waals surface area (Å²) < 4.78 is 0. The summed E-state index contributed by atoms with van der Waals surface area (Å²) in [6.45, 7) is 5.92. The van der Waals surface area contributed by atoms with Gasteiger partial charge in [-0.15, -0.1) is 0 Å². The Morgan fingerprint density at radius 3 is 2.77 bits per heavy atom. The maximum atomic E-state index is 4.79. The fourth-order valence-electron chi connectivity index (χ4n) is 3.56. The highest BCUT2D eigenvalue weighted by molar-refractivity contribution is 5.80. The third-order valence-corrected chi connectivity index (χ3v) is 5.14. The molecule has 6 heteroatoms. The molecule has 0 atom stereocenters. The number of hydrogen-bond acceptors (Lipinski definition) is 3. The van der Waals surface area contributed by atoms with Crippen LogP contribution in [0.4, 0.5) is 0 Å². The number of aromatic amines is 1. The lowest BCUT2D eigenvalue weighted by atomic mass is 9.84. The van der Waals surface area contributed by atoms with E-state index in [2.05, 4.69) is 51.8 Å². The molecule has 6 nitrogen and oxygen atoms in total. The summed E-state index contributed by atoms with van der Waals surface area (Å²) in [5.74, 6) is 2.61. The first-order valence-electron chi connectivity index (χ1n) is 9.78. The average Bonchev–Trinajstić information content (AvgIpc) is 3.22. The largest absolute Gasteiger partial charge is 0.357 e. The van der Waals surface area contributed by atoms with Gasteiger partial charge in [0.1, 0.15) is 6.33 Å². The van der Waals surface area contributed by atoms with Crippen LogP contribution in [0.3, 0.4) is 0 Å². The number of nitrogens with one attached hydrogen (secondary N) is 3. The second-order valence-electron chi connectivity index (χ2n) is 7.00. The monoisotopic (exact) mass is 354 g/mol. The number of H-pyrrole nitrogens is 1. The smallest absolute Gasteiger partial charge is 0.191 e. The molecule has 2 aromatic rings. The van der Waals surface area contributed by atoms with Gasteiger partial charge in [0.25, 0.3) is 0 Å². The lowest BCUT2D eigenvalue weighted by Crippen LogP contribution is -2.44. The topological polar surface area (TPSA) is 78.0 Å². The SMILES string of the molecule is CCNC(=NCc1cccc(-c2ncn[nH]2)c1)NC1CCC(CC)CC1. The molecule has 3 rings (SSSR count). The van der Waals surface area contributed by atoms with Gasteiger partial charge in [0, 0.05) is 18.2 Å². The van der Waals surface area contributed by atoms with Crippen molar-refractivity contribution in [2.45, 2.75) is 58.5 Å². The second-order valence-corrected chi connectivity index (χ2v) is 7.00. The second kappa shape index (κ2) is 9.36. The van der Waals surface area contributed by atoms with Crippen molar-refractivity contribution in [1.82, 2.24) is 25.8 Å². The molecule has 0 radical (unpaired) electrons. The zero-order chi connectivity index (χ0) is 18.2. The summed E-state index contributed by atoms with van der Waals surface area (Å²) in [5.41, 5.74) is 2.19. The molecule has 1 fully saturated rings. The maximum Gasteiger partial charge on any atom is 0.191 e. The lowest BCUT2D eigenvalue weighted by Gasteiger charge is -2.29. The van der Waals surface area contributed by atoms with E-state index in [9.17, 15) is 0 Å². The quantitative estimate of drug-likeness (QED) is 0.548. The molecule has 0 spiro atoms. The third kappa shape index (κ3) is 5.07. The van der Waals surface area contributed by atoms with Crippen molar-refractivity contribution in [3.63, 3.8) is 0 Å². The minimum atomic E-state index is 0.538. The Morgan fingerprint density at radius 1 is 1.23 bits per heavy atom. The predicted octanol–water partition coefficient (Wildman–Crippen LogP) is 3.50. The molecular weight excluding hydrogens is 324 g/mol. The summed E-state index contributed by atoms with van der Waals surface area (Å²) in [6.07, 6.45) is 7.97. The number of aromatic nitrogens is 3. The van der Waals surface area contributed by atoms with Gasteiger partial charge < -0.3 is 10.6 Å². The van der Waals surface area contributed by atoms with Crippen molar-refractivity contribution in [1.29, 1.82) is 0 Å². The molecule has 0 amide bonds. The molecule has 1 aromatic carbocycles. The first kappa shape index (κ1) is 18.4.